The molecule has 1 N–H and O–H groups in total. The molecule has 2 aromatic carbocycles. The fourth-order valence-electron chi connectivity index (χ4n) is 2.68. The van der Waals surface area contributed by atoms with Gasteiger partial charge < -0.3 is 4.98 Å². The van der Waals surface area contributed by atoms with Crippen molar-refractivity contribution in [1.29, 1.82) is 0 Å². The van der Waals surface area contributed by atoms with Gasteiger partial charge in [-0.1, -0.05) is 59.6 Å². The largest absolute Gasteiger partial charge is 0.354 e. The third-order valence-electron chi connectivity index (χ3n) is 3.53. The van der Waals surface area contributed by atoms with Crippen LogP contribution >= 0.6 is 15.9 Å². The van der Waals surface area contributed by atoms with E-state index in [4.69, 9.17) is 0 Å². The molecule has 3 aromatic rings. The molecule has 0 radical (unpaired) electrons. The van der Waals surface area contributed by atoms with Crippen LogP contribution in [0.5, 0.6) is 0 Å². The van der Waals surface area contributed by atoms with E-state index < -0.39 is 0 Å². The maximum Gasteiger partial charge on any atom is 0.0500 e. The number of benzene rings is 2. The van der Waals surface area contributed by atoms with Gasteiger partial charge in [-0.2, -0.15) is 0 Å². The molecule has 0 aliphatic carbocycles. The van der Waals surface area contributed by atoms with E-state index in [1.54, 1.807) is 0 Å². The van der Waals surface area contributed by atoms with E-state index in [1.807, 2.05) is 0 Å². The van der Waals surface area contributed by atoms with Gasteiger partial charge in [0.05, 0.1) is 0 Å². The average molecular weight is 302 g/mol. The van der Waals surface area contributed by atoms with Crippen LogP contribution in [0.1, 0.15) is 24.5 Å². The van der Waals surface area contributed by atoms with Crippen LogP contribution in [-0.4, -0.2) is 4.98 Å². The molecule has 1 nitrogen and oxygen atoms in total. The Balaban J connectivity index is 2.39. The zero-order valence-corrected chi connectivity index (χ0v) is 12.0. The van der Waals surface area contributed by atoms with Crippen molar-refractivity contribution in [2.75, 3.05) is 0 Å². The number of fused-ring (bicyclic) bond motifs is 3. The number of aryl methyl sites for hydroxylation is 1. The van der Waals surface area contributed by atoms with Crippen molar-refractivity contribution in [3.8, 4) is 0 Å². The van der Waals surface area contributed by atoms with Gasteiger partial charge in [0, 0.05) is 27.1 Å². The monoisotopic (exact) mass is 301 g/mol. The number of hydrogen-bond acceptors (Lipinski definition) is 0. The summed E-state index contributed by atoms with van der Waals surface area (Å²) in [4.78, 5) is 3.59. The molecule has 0 saturated carbocycles. The minimum atomic E-state index is 0.924. The zero-order valence-electron chi connectivity index (χ0n) is 10.5. The predicted molar refractivity (Wildman–Crippen MR) is 82.4 cm³/mol. The Bertz CT molecular complexity index is 697. The molecule has 3 rings (SSSR count). The standard InChI is InChI=1S/C16H16BrN/c1-2-5-12-11(10-17)8-9-14-13-6-3-4-7-15(13)18-16(12)14/h3-4,6-9,18H,2,5,10H2,1H3. The predicted octanol–water partition coefficient (Wildman–Crippen LogP) is 5.17. The summed E-state index contributed by atoms with van der Waals surface area (Å²) < 4.78 is 0. The SMILES string of the molecule is CCCc1c(CBr)ccc2c1[nH]c1ccccc12. The van der Waals surface area contributed by atoms with Crippen LogP contribution in [0.25, 0.3) is 21.8 Å². The molecule has 1 heterocycles. The summed E-state index contributed by atoms with van der Waals surface area (Å²) in [5.41, 5.74) is 5.41. The van der Waals surface area contributed by atoms with E-state index in [0.29, 0.717) is 0 Å². The lowest BCUT2D eigenvalue weighted by Gasteiger charge is -2.07. The van der Waals surface area contributed by atoms with Crippen molar-refractivity contribution in [3.63, 3.8) is 0 Å². The molecule has 0 spiro atoms. The van der Waals surface area contributed by atoms with Gasteiger partial charge in [0.25, 0.3) is 0 Å². The number of alkyl halides is 1. The van der Waals surface area contributed by atoms with Gasteiger partial charge in [-0.15, -0.1) is 0 Å². The Morgan fingerprint density at radius 2 is 1.89 bits per heavy atom. The number of aromatic amines is 1. The van der Waals surface area contributed by atoms with E-state index in [2.05, 4.69) is 64.2 Å². The highest BCUT2D eigenvalue weighted by atomic mass is 79.9. The molecule has 0 unspecified atom stereocenters. The highest BCUT2D eigenvalue weighted by Crippen LogP contribution is 2.31. The van der Waals surface area contributed by atoms with Crippen LogP contribution in [-0.2, 0) is 11.8 Å². The van der Waals surface area contributed by atoms with Crippen LogP contribution in [0.4, 0.5) is 0 Å². The molecule has 0 atom stereocenters. The first-order valence-corrected chi connectivity index (χ1v) is 7.54. The van der Waals surface area contributed by atoms with Crippen molar-refractivity contribution >= 4 is 37.7 Å². The smallest absolute Gasteiger partial charge is 0.0500 e. The van der Waals surface area contributed by atoms with Crippen LogP contribution in [0.15, 0.2) is 36.4 Å². The summed E-state index contributed by atoms with van der Waals surface area (Å²) in [5.74, 6) is 0. The lowest BCUT2D eigenvalue weighted by molar-refractivity contribution is 0.918. The van der Waals surface area contributed by atoms with Gasteiger partial charge in [-0.05, 0) is 23.6 Å². The molecular weight excluding hydrogens is 286 g/mol. The van der Waals surface area contributed by atoms with Crippen molar-refractivity contribution in [2.45, 2.75) is 25.1 Å². The number of para-hydroxylation sites is 1. The number of aromatic nitrogens is 1. The number of nitrogens with one attached hydrogen (secondary N) is 1. The van der Waals surface area contributed by atoms with Crippen molar-refractivity contribution in [1.82, 2.24) is 4.98 Å². The number of hydrogen-bond donors (Lipinski definition) is 1. The third kappa shape index (κ3) is 1.76. The Kier molecular flexibility index (Phi) is 3.13. The molecule has 0 aliphatic heterocycles. The second kappa shape index (κ2) is 4.77. The van der Waals surface area contributed by atoms with Gasteiger partial charge in [0.1, 0.15) is 0 Å². The van der Waals surface area contributed by atoms with Gasteiger partial charge in [-0.3, -0.25) is 0 Å². The first-order valence-electron chi connectivity index (χ1n) is 6.42. The summed E-state index contributed by atoms with van der Waals surface area (Å²) in [6.07, 6.45) is 2.31. The zero-order chi connectivity index (χ0) is 12.5. The molecule has 18 heavy (non-hydrogen) atoms. The fourth-order valence-corrected chi connectivity index (χ4v) is 3.21. The normalized spacial score (nSPS) is 11.4. The second-order valence-corrected chi connectivity index (χ2v) is 5.24. The van der Waals surface area contributed by atoms with E-state index in [1.165, 1.54) is 39.4 Å². The van der Waals surface area contributed by atoms with E-state index in [9.17, 15) is 0 Å². The number of H-pyrrole nitrogens is 1. The van der Waals surface area contributed by atoms with E-state index in [-0.39, 0.29) is 0 Å². The molecule has 0 amide bonds. The number of rotatable bonds is 3. The minimum absolute atomic E-state index is 0.924. The highest BCUT2D eigenvalue weighted by Gasteiger charge is 2.10. The number of halogens is 1. The summed E-state index contributed by atoms with van der Waals surface area (Å²) >= 11 is 3.59. The quantitative estimate of drug-likeness (QED) is 0.643. The van der Waals surface area contributed by atoms with Gasteiger partial charge in [0.15, 0.2) is 0 Å². The summed E-state index contributed by atoms with van der Waals surface area (Å²) in [5, 5.41) is 3.60. The van der Waals surface area contributed by atoms with Crippen molar-refractivity contribution in [3.05, 3.63) is 47.5 Å². The molecule has 92 valence electrons. The summed E-state index contributed by atoms with van der Waals surface area (Å²) in [7, 11) is 0. The fraction of sp³-hybridized carbons (Fsp3) is 0.250. The maximum absolute atomic E-state index is 3.59. The van der Waals surface area contributed by atoms with Crippen LogP contribution < -0.4 is 0 Å². The molecule has 2 heteroatoms. The topological polar surface area (TPSA) is 15.8 Å². The maximum atomic E-state index is 3.59. The van der Waals surface area contributed by atoms with E-state index in [0.717, 1.165) is 11.8 Å². The van der Waals surface area contributed by atoms with Gasteiger partial charge in [0.2, 0.25) is 0 Å². The first-order chi connectivity index (χ1) is 8.85. The average Bonchev–Trinajstić information content (AvgIpc) is 2.78. The molecule has 0 saturated heterocycles. The Hall–Kier alpha value is -1.28. The summed E-state index contributed by atoms with van der Waals surface area (Å²) in [6, 6.07) is 13.0. The molecule has 0 fully saturated rings. The van der Waals surface area contributed by atoms with E-state index >= 15 is 0 Å². The first kappa shape index (κ1) is 11.8. The van der Waals surface area contributed by atoms with Gasteiger partial charge in [-0.25, -0.2) is 0 Å². The van der Waals surface area contributed by atoms with Crippen LogP contribution in [0.3, 0.4) is 0 Å². The molecule has 0 aliphatic rings. The van der Waals surface area contributed by atoms with Gasteiger partial charge >= 0.3 is 0 Å². The summed E-state index contributed by atoms with van der Waals surface area (Å²) in [6.45, 7) is 2.24. The minimum Gasteiger partial charge on any atom is -0.354 e. The van der Waals surface area contributed by atoms with Crippen molar-refractivity contribution in [2.24, 2.45) is 0 Å². The second-order valence-electron chi connectivity index (χ2n) is 4.68. The Labute approximate surface area is 115 Å². The molecular formula is C16H16BrN. The lowest BCUT2D eigenvalue weighted by atomic mass is 10.0. The lowest BCUT2D eigenvalue weighted by Crippen LogP contribution is -1.92. The van der Waals surface area contributed by atoms with Crippen LogP contribution in [0, 0.1) is 0 Å². The molecule has 0 bridgehead atoms. The van der Waals surface area contributed by atoms with Crippen LogP contribution in [0.2, 0.25) is 0 Å². The molecule has 1 aromatic heterocycles. The third-order valence-corrected chi connectivity index (χ3v) is 4.13. The van der Waals surface area contributed by atoms with Crippen molar-refractivity contribution < 1.29 is 0 Å². The Morgan fingerprint density at radius 3 is 2.67 bits per heavy atom. The Morgan fingerprint density at radius 1 is 1.06 bits per heavy atom. The highest BCUT2D eigenvalue weighted by molar-refractivity contribution is 9.08.